The first-order chi connectivity index (χ1) is 17.3. The van der Waals surface area contributed by atoms with Gasteiger partial charge in [-0.25, -0.2) is 9.78 Å². The Balaban J connectivity index is 1.87. The molecule has 0 spiro atoms. The second kappa shape index (κ2) is 10.1. The van der Waals surface area contributed by atoms with Gasteiger partial charge in [0.25, 0.3) is 5.78 Å². The number of Topliss-reactive ketones (excluding diaryl/α,β-unsaturated/α-hetero) is 1. The summed E-state index contributed by atoms with van der Waals surface area (Å²) in [6.07, 6.45) is 4.51. The summed E-state index contributed by atoms with van der Waals surface area (Å²) >= 11 is 0.928. The van der Waals surface area contributed by atoms with Crippen molar-refractivity contribution in [2.24, 2.45) is 0 Å². The Bertz CT molecular complexity index is 1400. The van der Waals surface area contributed by atoms with Crippen LogP contribution in [0.5, 0.6) is 5.75 Å². The SMILES string of the molecule is C=CCOC(=O)c1sc(N2C(=O)C(=O)C(=C(O)c3ccc(OC)c(C)c3)C2c2cccnc2)nc1C. The molecule has 4 rings (SSSR count). The quantitative estimate of drug-likeness (QED) is 0.167. The highest BCUT2D eigenvalue weighted by atomic mass is 32.1. The van der Waals surface area contributed by atoms with Gasteiger partial charge >= 0.3 is 11.9 Å². The van der Waals surface area contributed by atoms with Crippen LogP contribution in [0.3, 0.4) is 0 Å². The van der Waals surface area contributed by atoms with Gasteiger partial charge in [-0.05, 0) is 49.2 Å². The Morgan fingerprint density at radius 2 is 2.06 bits per heavy atom. The lowest BCUT2D eigenvalue weighted by molar-refractivity contribution is -0.132. The molecule has 184 valence electrons. The lowest BCUT2D eigenvalue weighted by Gasteiger charge is -2.22. The Kier molecular flexibility index (Phi) is 6.98. The van der Waals surface area contributed by atoms with Gasteiger partial charge in [0.1, 0.15) is 23.0 Å². The molecule has 0 bridgehead atoms. The Morgan fingerprint density at radius 3 is 2.69 bits per heavy atom. The predicted molar refractivity (Wildman–Crippen MR) is 134 cm³/mol. The lowest BCUT2D eigenvalue weighted by Crippen LogP contribution is -2.29. The number of rotatable bonds is 7. The van der Waals surface area contributed by atoms with Gasteiger partial charge < -0.3 is 14.6 Å². The van der Waals surface area contributed by atoms with E-state index in [2.05, 4.69) is 16.5 Å². The van der Waals surface area contributed by atoms with Crippen LogP contribution in [0.1, 0.15) is 38.1 Å². The van der Waals surface area contributed by atoms with Crippen LogP contribution >= 0.6 is 11.3 Å². The largest absolute Gasteiger partial charge is 0.507 e. The summed E-state index contributed by atoms with van der Waals surface area (Å²) in [5, 5.41) is 11.4. The van der Waals surface area contributed by atoms with E-state index in [1.807, 2.05) is 0 Å². The molecule has 0 aliphatic carbocycles. The molecular weight excluding hydrogens is 482 g/mol. The first-order valence-corrected chi connectivity index (χ1v) is 11.7. The number of hydrogen-bond donors (Lipinski definition) is 1. The number of amides is 1. The molecular formula is C26H23N3O6S. The summed E-state index contributed by atoms with van der Waals surface area (Å²) in [5.74, 6) is -2.09. The summed E-state index contributed by atoms with van der Waals surface area (Å²) in [7, 11) is 1.53. The van der Waals surface area contributed by atoms with Crippen LogP contribution in [0, 0.1) is 13.8 Å². The minimum Gasteiger partial charge on any atom is -0.507 e. The third-order valence-corrected chi connectivity index (χ3v) is 6.76. The number of carbonyl (C=O) groups is 3. The number of nitrogens with zero attached hydrogens (tertiary/aromatic N) is 3. The Hall–Kier alpha value is -4.31. The van der Waals surface area contributed by atoms with Gasteiger partial charge in [0.15, 0.2) is 5.13 Å². The van der Waals surface area contributed by atoms with E-state index in [1.54, 1.807) is 50.4 Å². The summed E-state index contributed by atoms with van der Waals surface area (Å²) in [5.41, 5.74) is 1.83. The van der Waals surface area contributed by atoms with Crippen LogP contribution in [-0.2, 0) is 14.3 Å². The highest BCUT2D eigenvalue weighted by molar-refractivity contribution is 7.17. The predicted octanol–water partition coefficient (Wildman–Crippen LogP) is 4.13. The first-order valence-electron chi connectivity index (χ1n) is 10.9. The summed E-state index contributed by atoms with van der Waals surface area (Å²) < 4.78 is 10.4. The lowest BCUT2D eigenvalue weighted by atomic mass is 9.96. The van der Waals surface area contributed by atoms with E-state index in [0.29, 0.717) is 22.6 Å². The fourth-order valence-electron chi connectivity index (χ4n) is 3.94. The Morgan fingerprint density at radius 1 is 1.28 bits per heavy atom. The molecule has 1 saturated heterocycles. The smallest absolute Gasteiger partial charge is 0.350 e. The van der Waals surface area contributed by atoms with Gasteiger partial charge in [-0.15, -0.1) is 0 Å². The molecule has 2 aromatic heterocycles. The number of aryl methyl sites for hydroxylation is 2. The van der Waals surface area contributed by atoms with Crippen LogP contribution in [0.2, 0.25) is 0 Å². The van der Waals surface area contributed by atoms with Gasteiger partial charge in [-0.3, -0.25) is 19.5 Å². The molecule has 1 fully saturated rings. The molecule has 1 unspecified atom stereocenters. The fraction of sp³-hybridized carbons (Fsp3) is 0.192. The Labute approximate surface area is 211 Å². The maximum Gasteiger partial charge on any atom is 0.350 e. The van der Waals surface area contributed by atoms with Gasteiger partial charge in [0, 0.05) is 18.0 Å². The second-order valence-electron chi connectivity index (χ2n) is 7.94. The van der Waals surface area contributed by atoms with Crippen molar-refractivity contribution in [1.29, 1.82) is 0 Å². The minimum atomic E-state index is -1.01. The van der Waals surface area contributed by atoms with E-state index in [1.165, 1.54) is 24.3 Å². The number of carbonyl (C=O) groups excluding carboxylic acids is 3. The molecule has 0 saturated carbocycles. The number of aliphatic hydroxyl groups is 1. The van der Waals surface area contributed by atoms with Crippen molar-refractivity contribution in [3.05, 3.63) is 88.2 Å². The first kappa shape index (κ1) is 24.8. The standard InChI is InChI=1S/C26H23N3O6S/c1-5-11-35-25(33)23-15(3)28-26(36-23)29-20(17-7-6-10-27-13-17)19(22(31)24(29)32)21(30)16-8-9-18(34-4)14(2)12-16/h5-10,12-13,20,30H,1,11H2,2-4H3. The molecule has 3 heterocycles. The zero-order valence-electron chi connectivity index (χ0n) is 19.8. The van der Waals surface area contributed by atoms with E-state index in [0.717, 1.165) is 16.9 Å². The zero-order chi connectivity index (χ0) is 26.0. The molecule has 1 aromatic carbocycles. The number of methoxy groups -OCH3 is 1. The van der Waals surface area contributed by atoms with E-state index >= 15 is 0 Å². The number of ketones is 1. The molecule has 1 atom stereocenters. The molecule has 9 nitrogen and oxygen atoms in total. The number of aliphatic hydroxyl groups excluding tert-OH is 1. The van der Waals surface area contributed by atoms with Gasteiger partial charge in [-0.2, -0.15) is 0 Å². The van der Waals surface area contributed by atoms with Crippen molar-refractivity contribution in [3.8, 4) is 5.75 Å². The fourth-order valence-corrected chi connectivity index (χ4v) is 4.93. The van der Waals surface area contributed by atoms with Crippen LogP contribution in [0.15, 0.2) is 61.0 Å². The number of benzene rings is 1. The number of thiazole rings is 1. The van der Waals surface area contributed by atoms with Crippen molar-refractivity contribution in [2.75, 3.05) is 18.6 Å². The average molecular weight is 506 g/mol. The van der Waals surface area contributed by atoms with Crippen LogP contribution in [0.25, 0.3) is 5.76 Å². The van der Waals surface area contributed by atoms with E-state index in [-0.39, 0.29) is 27.9 Å². The monoisotopic (exact) mass is 505 g/mol. The van der Waals surface area contributed by atoms with Gasteiger partial charge in [0.05, 0.1) is 24.4 Å². The number of aromatic nitrogens is 2. The molecule has 1 aliphatic heterocycles. The zero-order valence-corrected chi connectivity index (χ0v) is 20.7. The molecule has 0 radical (unpaired) electrons. The number of ether oxygens (including phenoxy) is 2. The highest BCUT2D eigenvalue weighted by Crippen LogP contribution is 2.44. The molecule has 1 amide bonds. The van der Waals surface area contributed by atoms with Crippen LogP contribution < -0.4 is 9.64 Å². The highest BCUT2D eigenvalue weighted by Gasteiger charge is 2.48. The van der Waals surface area contributed by atoms with E-state index in [9.17, 15) is 19.5 Å². The molecule has 3 aromatic rings. The van der Waals surface area contributed by atoms with E-state index in [4.69, 9.17) is 9.47 Å². The average Bonchev–Trinajstić information content (AvgIpc) is 3.39. The topological polar surface area (TPSA) is 119 Å². The molecule has 36 heavy (non-hydrogen) atoms. The van der Waals surface area contributed by atoms with Crippen molar-refractivity contribution in [3.63, 3.8) is 0 Å². The maximum absolute atomic E-state index is 13.3. The van der Waals surface area contributed by atoms with Crippen molar-refractivity contribution < 1.29 is 29.0 Å². The van der Waals surface area contributed by atoms with Gasteiger partial charge in [-0.1, -0.05) is 30.1 Å². The second-order valence-corrected chi connectivity index (χ2v) is 8.92. The number of anilines is 1. The molecule has 10 heteroatoms. The maximum atomic E-state index is 13.3. The van der Waals surface area contributed by atoms with Crippen LogP contribution in [-0.4, -0.2) is 46.5 Å². The van der Waals surface area contributed by atoms with Crippen molar-refractivity contribution in [1.82, 2.24) is 9.97 Å². The summed E-state index contributed by atoms with van der Waals surface area (Å²) in [6, 6.07) is 7.30. The number of hydrogen-bond acceptors (Lipinski definition) is 9. The summed E-state index contributed by atoms with van der Waals surface area (Å²) in [4.78, 5) is 48.9. The third kappa shape index (κ3) is 4.38. The van der Waals surface area contributed by atoms with Crippen LogP contribution in [0.4, 0.5) is 5.13 Å². The number of pyridine rings is 1. The summed E-state index contributed by atoms with van der Waals surface area (Å²) in [6.45, 7) is 6.96. The van der Waals surface area contributed by atoms with Crippen molar-refractivity contribution in [2.45, 2.75) is 19.9 Å². The van der Waals surface area contributed by atoms with Gasteiger partial charge in [0.2, 0.25) is 0 Å². The minimum absolute atomic E-state index is 0.0208. The van der Waals surface area contributed by atoms with Crippen molar-refractivity contribution >= 4 is 39.9 Å². The number of esters is 1. The molecule has 1 aliphatic rings. The third-order valence-electron chi connectivity index (χ3n) is 5.62. The van der Waals surface area contributed by atoms with E-state index < -0.39 is 23.7 Å². The normalized spacial score (nSPS) is 16.8. The molecule has 1 N–H and O–H groups in total.